The van der Waals surface area contributed by atoms with E-state index >= 15 is 0 Å². The van der Waals surface area contributed by atoms with Crippen molar-refractivity contribution in [2.45, 2.75) is 32.4 Å². The molecule has 5 heteroatoms. The number of hydrogen-bond donors (Lipinski definition) is 1. The third-order valence-electron chi connectivity index (χ3n) is 4.81. The fourth-order valence-electron chi connectivity index (χ4n) is 3.49. The number of carbonyl (C=O) groups is 2. The zero-order chi connectivity index (χ0) is 17.6. The first-order chi connectivity index (χ1) is 12.0. The number of nitrogens with one attached hydrogen (secondary N) is 1. The first-order valence-corrected chi connectivity index (χ1v) is 8.56. The van der Waals surface area contributed by atoms with Crippen LogP contribution >= 0.6 is 0 Å². The smallest absolute Gasteiger partial charge is 0.355 e. The predicted octanol–water partition coefficient (Wildman–Crippen LogP) is 3.49. The predicted molar refractivity (Wildman–Crippen MR) is 96.5 cm³/mol. The molecule has 1 aliphatic heterocycles. The maximum Gasteiger partial charge on any atom is 0.355 e. The molecule has 4 rings (SSSR count). The van der Waals surface area contributed by atoms with Crippen molar-refractivity contribution in [2.24, 2.45) is 0 Å². The summed E-state index contributed by atoms with van der Waals surface area (Å²) in [4.78, 5) is 29.7. The first kappa shape index (κ1) is 15.7. The van der Waals surface area contributed by atoms with Crippen LogP contribution in [0.4, 0.5) is 0 Å². The van der Waals surface area contributed by atoms with E-state index in [4.69, 9.17) is 4.74 Å². The van der Waals surface area contributed by atoms with Gasteiger partial charge in [-0.3, -0.25) is 4.79 Å². The molecule has 2 aromatic carbocycles. The van der Waals surface area contributed by atoms with E-state index in [1.54, 1.807) is 11.0 Å². The van der Waals surface area contributed by atoms with Gasteiger partial charge in [0, 0.05) is 29.9 Å². The minimum absolute atomic E-state index is 0.107. The van der Waals surface area contributed by atoms with Crippen molar-refractivity contribution in [2.75, 3.05) is 6.54 Å². The number of H-pyrrole nitrogens is 1. The highest BCUT2D eigenvalue weighted by atomic mass is 16.5. The molecular formula is C20H20N2O3. The van der Waals surface area contributed by atoms with E-state index in [-0.39, 0.29) is 11.9 Å². The Morgan fingerprint density at radius 3 is 2.76 bits per heavy atom. The molecule has 2 heterocycles. The van der Waals surface area contributed by atoms with Crippen LogP contribution in [-0.4, -0.2) is 40.5 Å². The van der Waals surface area contributed by atoms with E-state index in [1.807, 2.05) is 50.2 Å². The Morgan fingerprint density at radius 2 is 2.00 bits per heavy atom. The molecule has 5 nitrogen and oxygen atoms in total. The normalized spacial score (nSPS) is 17.8. The lowest BCUT2D eigenvalue weighted by Gasteiger charge is -2.20. The molecule has 1 aliphatic rings. The second-order valence-corrected chi connectivity index (χ2v) is 6.74. The number of aromatic nitrogens is 1. The SMILES string of the molecule is CC(C)N1CCC(OC(=O)c2cc3c(ccc4ccccc43)[nH]2)C1=O. The summed E-state index contributed by atoms with van der Waals surface area (Å²) >= 11 is 0. The van der Waals surface area contributed by atoms with Gasteiger partial charge in [0.25, 0.3) is 5.91 Å². The average molecular weight is 336 g/mol. The Bertz CT molecular complexity index is 973. The highest BCUT2D eigenvalue weighted by Gasteiger charge is 2.36. The molecule has 0 bridgehead atoms. The molecule has 3 aromatic rings. The summed E-state index contributed by atoms with van der Waals surface area (Å²) in [5.41, 5.74) is 1.26. The summed E-state index contributed by atoms with van der Waals surface area (Å²) in [5.74, 6) is -0.589. The van der Waals surface area contributed by atoms with E-state index in [2.05, 4.69) is 4.98 Å². The highest BCUT2D eigenvalue weighted by molar-refractivity contribution is 6.09. The standard InChI is InChI=1S/C20H20N2O3/c1-12(2)22-10-9-18(19(22)23)25-20(24)17-11-15-14-6-4-3-5-13(14)7-8-16(15)21-17/h3-8,11-12,18,21H,9-10H2,1-2H3. The van der Waals surface area contributed by atoms with Crippen molar-refractivity contribution in [1.29, 1.82) is 0 Å². The Balaban J connectivity index is 1.61. The number of ether oxygens (including phenoxy) is 1. The fraction of sp³-hybridized carbons (Fsp3) is 0.300. The molecular weight excluding hydrogens is 316 g/mol. The Kier molecular flexibility index (Phi) is 3.71. The highest BCUT2D eigenvalue weighted by Crippen LogP contribution is 2.27. The fourth-order valence-corrected chi connectivity index (χ4v) is 3.49. The minimum atomic E-state index is -0.682. The van der Waals surface area contributed by atoms with Crippen LogP contribution in [0.5, 0.6) is 0 Å². The third kappa shape index (κ3) is 2.65. The molecule has 1 unspecified atom stereocenters. The summed E-state index contributed by atoms with van der Waals surface area (Å²) in [7, 11) is 0. The van der Waals surface area contributed by atoms with Crippen molar-refractivity contribution in [3.05, 3.63) is 48.2 Å². The zero-order valence-corrected chi connectivity index (χ0v) is 14.3. The number of benzene rings is 2. The molecule has 1 amide bonds. The summed E-state index contributed by atoms with van der Waals surface area (Å²) in [6, 6.07) is 13.9. The summed E-state index contributed by atoms with van der Waals surface area (Å²) < 4.78 is 5.47. The number of aromatic amines is 1. The van der Waals surface area contributed by atoms with Gasteiger partial charge in [0.15, 0.2) is 6.10 Å². The second-order valence-electron chi connectivity index (χ2n) is 6.74. The van der Waals surface area contributed by atoms with Gasteiger partial charge in [-0.2, -0.15) is 0 Å². The van der Waals surface area contributed by atoms with Crippen LogP contribution in [-0.2, 0) is 9.53 Å². The van der Waals surface area contributed by atoms with Crippen LogP contribution in [0.3, 0.4) is 0 Å². The van der Waals surface area contributed by atoms with Gasteiger partial charge in [0.05, 0.1) is 0 Å². The topological polar surface area (TPSA) is 62.4 Å². The van der Waals surface area contributed by atoms with E-state index in [9.17, 15) is 9.59 Å². The molecule has 0 radical (unpaired) electrons. The number of nitrogens with zero attached hydrogens (tertiary/aromatic N) is 1. The minimum Gasteiger partial charge on any atom is -0.448 e. The maximum absolute atomic E-state index is 12.5. The lowest BCUT2D eigenvalue weighted by Crippen LogP contribution is -2.36. The van der Waals surface area contributed by atoms with Crippen LogP contribution in [0, 0.1) is 0 Å². The molecule has 25 heavy (non-hydrogen) atoms. The molecule has 128 valence electrons. The van der Waals surface area contributed by atoms with Gasteiger partial charge in [-0.1, -0.05) is 30.3 Å². The lowest BCUT2D eigenvalue weighted by molar-refractivity contribution is -0.136. The van der Waals surface area contributed by atoms with Gasteiger partial charge < -0.3 is 14.6 Å². The molecule has 1 N–H and O–H groups in total. The molecule has 1 fully saturated rings. The quantitative estimate of drug-likeness (QED) is 0.745. The zero-order valence-electron chi connectivity index (χ0n) is 14.3. The second kappa shape index (κ2) is 5.92. The number of hydrogen-bond acceptors (Lipinski definition) is 3. The van der Waals surface area contributed by atoms with Gasteiger partial charge >= 0.3 is 5.97 Å². The number of rotatable bonds is 3. The Morgan fingerprint density at radius 1 is 1.20 bits per heavy atom. The van der Waals surface area contributed by atoms with Crippen LogP contribution in [0.2, 0.25) is 0 Å². The summed E-state index contributed by atoms with van der Waals surface area (Å²) in [5, 5.41) is 3.18. The number of amides is 1. The van der Waals surface area contributed by atoms with Crippen molar-refractivity contribution < 1.29 is 14.3 Å². The Hall–Kier alpha value is -2.82. The van der Waals surface area contributed by atoms with Crippen LogP contribution < -0.4 is 0 Å². The number of esters is 1. The number of carbonyl (C=O) groups excluding carboxylic acids is 2. The van der Waals surface area contributed by atoms with Crippen LogP contribution in [0.1, 0.15) is 30.8 Å². The van der Waals surface area contributed by atoms with Gasteiger partial charge in [0.2, 0.25) is 0 Å². The van der Waals surface area contributed by atoms with E-state index in [0.717, 1.165) is 21.7 Å². The number of likely N-dealkylation sites (tertiary alicyclic amines) is 1. The van der Waals surface area contributed by atoms with Crippen molar-refractivity contribution in [3.8, 4) is 0 Å². The Labute approximate surface area is 145 Å². The van der Waals surface area contributed by atoms with Crippen molar-refractivity contribution in [3.63, 3.8) is 0 Å². The largest absolute Gasteiger partial charge is 0.448 e. The average Bonchev–Trinajstić information content (AvgIpc) is 3.19. The van der Waals surface area contributed by atoms with Crippen molar-refractivity contribution >= 4 is 33.6 Å². The van der Waals surface area contributed by atoms with Crippen LogP contribution in [0.25, 0.3) is 21.7 Å². The molecule has 0 aliphatic carbocycles. The summed E-state index contributed by atoms with van der Waals surface area (Å²) in [6.45, 7) is 4.56. The molecule has 0 spiro atoms. The van der Waals surface area contributed by atoms with Crippen LogP contribution in [0.15, 0.2) is 42.5 Å². The van der Waals surface area contributed by atoms with E-state index < -0.39 is 12.1 Å². The van der Waals surface area contributed by atoms with Gasteiger partial charge in [-0.05, 0) is 36.8 Å². The van der Waals surface area contributed by atoms with E-state index in [0.29, 0.717) is 18.7 Å². The monoisotopic (exact) mass is 336 g/mol. The molecule has 1 aromatic heterocycles. The van der Waals surface area contributed by atoms with Gasteiger partial charge in [0.1, 0.15) is 5.69 Å². The molecule has 0 saturated carbocycles. The van der Waals surface area contributed by atoms with Gasteiger partial charge in [-0.25, -0.2) is 4.79 Å². The molecule has 1 atom stereocenters. The maximum atomic E-state index is 12.5. The number of fused-ring (bicyclic) bond motifs is 3. The molecule has 1 saturated heterocycles. The summed E-state index contributed by atoms with van der Waals surface area (Å²) in [6.07, 6.45) is -0.135. The third-order valence-corrected chi connectivity index (χ3v) is 4.81. The lowest BCUT2D eigenvalue weighted by atomic mass is 10.1. The van der Waals surface area contributed by atoms with E-state index in [1.165, 1.54) is 0 Å². The van der Waals surface area contributed by atoms with Crippen molar-refractivity contribution in [1.82, 2.24) is 9.88 Å². The first-order valence-electron chi connectivity index (χ1n) is 8.56. The van der Waals surface area contributed by atoms with Gasteiger partial charge in [-0.15, -0.1) is 0 Å².